The third-order valence-electron chi connectivity index (χ3n) is 6.82. The van der Waals surface area contributed by atoms with Gasteiger partial charge in [-0.05, 0) is 69.7 Å². The van der Waals surface area contributed by atoms with E-state index in [0.29, 0.717) is 68.9 Å². The van der Waals surface area contributed by atoms with Crippen molar-refractivity contribution in [3.05, 3.63) is 78.5 Å². The van der Waals surface area contributed by atoms with Crippen LogP contribution in [0.5, 0.6) is 23.0 Å². The van der Waals surface area contributed by atoms with Gasteiger partial charge in [0.05, 0.1) is 43.7 Å². The summed E-state index contributed by atoms with van der Waals surface area (Å²) in [5, 5.41) is 0. The number of fused-ring (bicyclic) bond motifs is 1. The fraction of sp³-hybridized carbons (Fsp3) is 0.367. The van der Waals surface area contributed by atoms with E-state index >= 15 is 0 Å². The number of ether oxygens (including phenoxy) is 4. The van der Waals surface area contributed by atoms with Crippen LogP contribution in [0.3, 0.4) is 0 Å². The highest BCUT2D eigenvalue weighted by atomic mass is 32.1. The number of likely N-dealkylation sites (N-methyl/N-ethyl adjacent to an activating group) is 1. The molecule has 212 valence electrons. The number of benzene rings is 2. The van der Waals surface area contributed by atoms with E-state index < -0.39 is 6.04 Å². The molecule has 40 heavy (non-hydrogen) atoms. The van der Waals surface area contributed by atoms with Crippen LogP contribution >= 0.6 is 11.3 Å². The molecule has 0 unspecified atom stereocenters. The van der Waals surface area contributed by atoms with Crippen molar-refractivity contribution in [2.24, 2.45) is 4.99 Å². The topological polar surface area (TPSA) is 91.6 Å². The van der Waals surface area contributed by atoms with Crippen LogP contribution in [0.25, 0.3) is 6.08 Å². The third kappa shape index (κ3) is 5.36. The first kappa shape index (κ1) is 28.9. The average Bonchev–Trinajstić information content (AvgIpc) is 3.26. The van der Waals surface area contributed by atoms with Crippen LogP contribution in [0.4, 0.5) is 0 Å². The molecule has 1 aliphatic heterocycles. The SMILES string of the molecule is CCOc1cc(/C=c2/sc3n(c2=O)[C@H](c2cc(OC)ccc2OC)C(C(=O)N(CC)CC)=C(C)N=3)ccc1OC. The zero-order valence-electron chi connectivity index (χ0n) is 23.9. The van der Waals surface area contributed by atoms with Crippen LogP contribution in [-0.2, 0) is 4.79 Å². The summed E-state index contributed by atoms with van der Waals surface area (Å²) < 4.78 is 24.4. The van der Waals surface area contributed by atoms with E-state index in [0.717, 1.165) is 5.56 Å². The van der Waals surface area contributed by atoms with Gasteiger partial charge in [0.1, 0.15) is 17.5 Å². The Labute approximate surface area is 237 Å². The molecule has 0 spiro atoms. The summed E-state index contributed by atoms with van der Waals surface area (Å²) in [6, 6.07) is 10.1. The number of carbonyl (C=O) groups excluding carboxylic acids is 1. The van der Waals surface area contributed by atoms with Gasteiger partial charge in [0.2, 0.25) is 0 Å². The lowest BCUT2D eigenvalue weighted by Gasteiger charge is -2.30. The van der Waals surface area contributed by atoms with Gasteiger partial charge < -0.3 is 23.8 Å². The first-order chi connectivity index (χ1) is 19.3. The standard InChI is InChI=1S/C30H35N3O6S/c1-8-32(9-2)29(35)26-18(4)31-30-33(27(26)21-17-20(36-5)12-14-22(21)37-6)28(34)25(40-30)16-19-11-13-23(38-7)24(15-19)39-10-3/h11-17,27H,8-10H2,1-7H3/b25-16+/t27-/m1/s1. The first-order valence-electron chi connectivity index (χ1n) is 13.2. The normalized spacial score (nSPS) is 14.9. The van der Waals surface area contributed by atoms with E-state index in [9.17, 15) is 9.59 Å². The Morgan fingerprint density at radius 2 is 1.70 bits per heavy atom. The predicted molar refractivity (Wildman–Crippen MR) is 155 cm³/mol. The molecule has 2 heterocycles. The molecule has 3 aromatic rings. The highest BCUT2D eigenvalue weighted by molar-refractivity contribution is 7.07. The molecule has 2 aromatic carbocycles. The molecular weight excluding hydrogens is 530 g/mol. The Balaban J connectivity index is 1.99. The fourth-order valence-corrected chi connectivity index (χ4v) is 5.87. The largest absolute Gasteiger partial charge is 0.497 e. The van der Waals surface area contributed by atoms with Crippen LogP contribution in [0.1, 0.15) is 44.9 Å². The number of nitrogens with zero attached hydrogens (tertiary/aromatic N) is 3. The molecule has 0 fully saturated rings. The van der Waals surface area contributed by atoms with Gasteiger partial charge in [-0.3, -0.25) is 14.2 Å². The van der Waals surface area contributed by atoms with Gasteiger partial charge in [0.25, 0.3) is 11.5 Å². The summed E-state index contributed by atoms with van der Waals surface area (Å²) in [6.45, 7) is 9.10. The minimum absolute atomic E-state index is 0.174. The van der Waals surface area contributed by atoms with Crippen molar-refractivity contribution in [1.82, 2.24) is 9.47 Å². The Kier molecular flexibility index (Phi) is 8.99. The second-order valence-electron chi connectivity index (χ2n) is 9.01. The number of amides is 1. The van der Waals surface area contributed by atoms with E-state index in [4.69, 9.17) is 23.9 Å². The molecule has 0 aliphatic carbocycles. The van der Waals surface area contributed by atoms with E-state index in [1.807, 2.05) is 52.0 Å². The molecule has 0 radical (unpaired) electrons. The molecule has 0 saturated carbocycles. The van der Waals surface area contributed by atoms with Gasteiger partial charge in [-0.1, -0.05) is 17.4 Å². The van der Waals surface area contributed by atoms with E-state index in [1.54, 1.807) is 49.0 Å². The Morgan fingerprint density at radius 3 is 2.33 bits per heavy atom. The summed E-state index contributed by atoms with van der Waals surface area (Å²) >= 11 is 1.27. The maximum Gasteiger partial charge on any atom is 0.271 e. The summed E-state index contributed by atoms with van der Waals surface area (Å²) in [5.41, 5.74) is 2.15. The van der Waals surface area contributed by atoms with Crippen molar-refractivity contribution in [3.8, 4) is 23.0 Å². The van der Waals surface area contributed by atoms with E-state index in [-0.39, 0.29) is 11.5 Å². The summed E-state index contributed by atoms with van der Waals surface area (Å²) in [4.78, 5) is 34.9. The third-order valence-corrected chi connectivity index (χ3v) is 7.80. The van der Waals surface area contributed by atoms with Crippen molar-refractivity contribution in [1.29, 1.82) is 0 Å². The zero-order chi connectivity index (χ0) is 29.0. The molecule has 4 rings (SSSR count). The van der Waals surface area contributed by atoms with Crippen molar-refractivity contribution in [2.45, 2.75) is 33.7 Å². The molecule has 1 amide bonds. The highest BCUT2D eigenvalue weighted by Gasteiger charge is 2.36. The van der Waals surface area contributed by atoms with Crippen LogP contribution in [0.2, 0.25) is 0 Å². The van der Waals surface area contributed by atoms with Crippen molar-refractivity contribution in [2.75, 3.05) is 41.0 Å². The quantitative estimate of drug-likeness (QED) is 0.374. The molecule has 9 nitrogen and oxygen atoms in total. The number of hydrogen-bond acceptors (Lipinski definition) is 8. The van der Waals surface area contributed by atoms with E-state index in [1.165, 1.54) is 11.3 Å². The fourth-order valence-electron chi connectivity index (χ4n) is 4.83. The van der Waals surface area contributed by atoms with Crippen LogP contribution in [0.15, 0.2) is 57.5 Å². The average molecular weight is 566 g/mol. The smallest absolute Gasteiger partial charge is 0.271 e. The van der Waals surface area contributed by atoms with Crippen molar-refractivity contribution in [3.63, 3.8) is 0 Å². The zero-order valence-corrected chi connectivity index (χ0v) is 24.8. The number of allylic oxidation sites excluding steroid dienone is 1. The molecule has 0 bridgehead atoms. The molecule has 1 aromatic heterocycles. The number of methoxy groups -OCH3 is 3. The van der Waals surface area contributed by atoms with E-state index in [2.05, 4.69) is 0 Å². The molecule has 1 atom stereocenters. The predicted octanol–water partition coefficient (Wildman–Crippen LogP) is 3.53. The number of hydrogen-bond donors (Lipinski definition) is 0. The molecular formula is C30H35N3O6S. The van der Waals surface area contributed by atoms with Crippen LogP contribution < -0.4 is 33.8 Å². The monoisotopic (exact) mass is 565 g/mol. The minimum Gasteiger partial charge on any atom is -0.497 e. The van der Waals surface area contributed by atoms with Gasteiger partial charge >= 0.3 is 0 Å². The lowest BCUT2D eigenvalue weighted by atomic mass is 9.93. The maximum absolute atomic E-state index is 14.1. The second-order valence-corrected chi connectivity index (χ2v) is 10.0. The number of aromatic nitrogens is 1. The maximum atomic E-state index is 14.1. The molecule has 0 N–H and O–H groups in total. The van der Waals surface area contributed by atoms with Gasteiger partial charge in [0.15, 0.2) is 16.3 Å². The van der Waals surface area contributed by atoms with Gasteiger partial charge in [-0.15, -0.1) is 0 Å². The van der Waals surface area contributed by atoms with Crippen molar-refractivity contribution >= 4 is 23.3 Å². The lowest BCUT2D eigenvalue weighted by molar-refractivity contribution is -0.127. The summed E-state index contributed by atoms with van der Waals surface area (Å²) in [5.74, 6) is 2.15. The van der Waals surface area contributed by atoms with Gasteiger partial charge in [-0.25, -0.2) is 4.99 Å². The minimum atomic E-state index is -0.758. The molecule has 10 heteroatoms. The summed E-state index contributed by atoms with van der Waals surface area (Å²) in [7, 11) is 4.73. The Morgan fingerprint density at radius 1 is 1.00 bits per heavy atom. The highest BCUT2D eigenvalue weighted by Crippen LogP contribution is 2.38. The Hall–Kier alpha value is -4.05. The van der Waals surface area contributed by atoms with Crippen LogP contribution in [0, 0.1) is 0 Å². The van der Waals surface area contributed by atoms with Gasteiger partial charge in [-0.2, -0.15) is 0 Å². The second kappa shape index (κ2) is 12.4. The number of thiazole rings is 1. The summed E-state index contributed by atoms with van der Waals surface area (Å²) in [6.07, 6.45) is 1.80. The molecule has 0 saturated heterocycles. The molecule has 1 aliphatic rings. The first-order valence-corrected chi connectivity index (χ1v) is 14.0. The number of rotatable bonds is 10. The van der Waals surface area contributed by atoms with Crippen LogP contribution in [-0.4, -0.2) is 56.4 Å². The van der Waals surface area contributed by atoms with Crippen molar-refractivity contribution < 1.29 is 23.7 Å². The Bertz CT molecular complexity index is 1620. The lowest BCUT2D eigenvalue weighted by Crippen LogP contribution is -2.43. The van der Waals surface area contributed by atoms with Gasteiger partial charge in [0, 0.05) is 18.7 Å². The number of carbonyl (C=O) groups is 1.